The van der Waals surface area contributed by atoms with Crippen LogP contribution in [0.15, 0.2) is 255 Å². The van der Waals surface area contributed by atoms with Gasteiger partial charge in [-0.25, -0.2) is 34.9 Å². The first-order valence-electron chi connectivity index (χ1n) is 43.0. The van der Waals surface area contributed by atoms with E-state index in [1.165, 1.54) is 25.3 Å². The highest BCUT2D eigenvalue weighted by Gasteiger charge is 2.49. The second kappa shape index (κ2) is 39.4. The predicted molar refractivity (Wildman–Crippen MR) is 493 cm³/mol. The SMILES string of the molecule is COc1ccc(C(OC[C@H]2O[C@@H](n3cnc4c(NC(=O)c5ccccc5)ncnc43)C[C@@H]2O)(c2ccccc2)c2ccc(OC)cc2)cc1.COc1ccc(C(OC[C@H]2O[C@@H](n3cnc4c(NC(=O)c5ccccc5)ncnc43)C[C@@H]2OS(=O)(=O)NC[C@@H]2C[C@@H](O[Si](C)(C)C(C)(C)C)[C@H](n3cnc4c(=O)[nH]c(NC(=O)C(C)C)nc43)O2)(c2ccccc2)c2ccc(OC)cc2)cc1. The topological polar surface area (TPSA) is 406 Å². The number of H-pyrrole nitrogens is 1. The molecule has 132 heavy (non-hydrogen) atoms. The summed E-state index contributed by atoms with van der Waals surface area (Å²) < 4.78 is 106. The Labute approximate surface area is 762 Å². The number of nitrogens with zero attached hydrogens (tertiary/aromatic N) is 11. The van der Waals surface area contributed by atoms with E-state index in [0.29, 0.717) is 39.4 Å². The number of nitrogens with one attached hydrogen (secondary N) is 5. The predicted octanol–water partition coefficient (Wildman–Crippen LogP) is 13.8. The number of fused-ring (bicyclic) bond motifs is 3. The summed E-state index contributed by atoms with van der Waals surface area (Å²) in [6.07, 6.45) is -0.00866. The maximum atomic E-state index is 14.6. The Bertz CT molecular complexity index is 6450. The highest BCUT2D eigenvalue weighted by Crippen LogP contribution is 2.48. The van der Waals surface area contributed by atoms with E-state index in [-0.39, 0.29) is 90.1 Å². The van der Waals surface area contributed by atoms with Gasteiger partial charge < -0.3 is 62.8 Å². The molecule has 3 saturated heterocycles. The highest BCUT2D eigenvalue weighted by molar-refractivity contribution is 7.84. The molecule has 6 aromatic heterocycles. The molecule has 3 aliphatic heterocycles. The zero-order valence-corrected chi connectivity index (χ0v) is 76.2. The number of benzene rings is 8. The lowest BCUT2D eigenvalue weighted by Gasteiger charge is -2.39. The van der Waals surface area contributed by atoms with E-state index < -0.39 is 103 Å². The van der Waals surface area contributed by atoms with Crippen molar-refractivity contribution in [2.24, 2.45) is 5.92 Å². The number of aromatic amines is 1. The molecule has 0 radical (unpaired) electrons. The van der Waals surface area contributed by atoms with Crippen LogP contribution >= 0.6 is 0 Å². The fraction of sp³-hybridized carbons (Fsp3) is 0.312. The molecule has 0 unspecified atom stereocenters. The summed E-state index contributed by atoms with van der Waals surface area (Å²) in [7, 11) is -0.736. The summed E-state index contributed by atoms with van der Waals surface area (Å²) in [5, 5.41) is 19.4. The van der Waals surface area contributed by atoms with Gasteiger partial charge in [0.1, 0.15) is 77.6 Å². The monoisotopic (exact) mass is 1830 g/mol. The van der Waals surface area contributed by atoms with Gasteiger partial charge in [0.25, 0.3) is 17.4 Å². The number of hydrogen-bond donors (Lipinski definition) is 6. The zero-order chi connectivity index (χ0) is 92.6. The fourth-order valence-corrected chi connectivity index (χ4v) is 18.5. The van der Waals surface area contributed by atoms with E-state index in [1.807, 2.05) is 170 Å². The Balaban J connectivity index is 0.000000220. The second-order valence-electron chi connectivity index (χ2n) is 33.8. The summed E-state index contributed by atoms with van der Waals surface area (Å²) in [5.74, 6) is 1.61. The first kappa shape index (κ1) is 91.9. The molecule has 3 fully saturated rings. The number of hydrogen-bond acceptors (Lipinski definition) is 26. The Hall–Kier alpha value is -13.4. The number of methoxy groups -OCH3 is 4. The Morgan fingerprint density at radius 2 is 0.909 bits per heavy atom. The fourth-order valence-electron chi connectivity index (χ4n) is 16.1. The van der Waals surface area contributed by atoms with Gasteiger partial charge in [-0.1, -0.05) is 180 Å². The van der Waals surface area contributed by atoms with Crippen LogP contribution in [0.2, 0.25) is 18.1 Å². The lowest BCUT2D eigenvalue weighted by Crippen LogP contribution is -2.45. The lowest BCUT2D eigenvalue weighted by atomic mass is 9.80. The Morgan fingerprint density at radius 1 is 0.500 bits per heavy atom. The van der Waals surface area contributed by atoms with E-state index in [2.05, 4.69) is 99.4 Å². The van der Waals surface area contributed by atoms with Gasteiger partial charge in [0.05, 0.1) is 78.9 Å². The minimum Gasteiger partial charge on any atom is -0.497 e. The van der Waals surface area contributed by atoms with Gasteiger partial charge in [0, 0.05) is 42.9 Å². The molecular formula is C96H102N16O18SSi. The molecule has 0 bridgehead atoms. The molecule has 14 aromatic rings. The summed E-state index contributed by atoms with van der Waals surface area (Å²) in [6, 6.07) is 67.7. The third kappa shape index (κ3) is 19.5. The minimum atomic E-state index is -4.64. The number of aliphatic hydroxyl groups excluding tert-OH is 1. The molecule has 17 rings (SSSR count). The van der Waals surface area contributed by atoms with Gasteiger partial charge in [-0.3, -0.25) is 47.4 Å². The van der Waals surface area contributed by atoms with Crippen LogP contribution in [0, 0.1) is 5.92 Å². The number of rotatable bonds is 32. The molecule has 3 amide bonds. The smallest absolute Gasteiger partial charge is 0.336 e. The van der Waals surface area contributed by atoms with Gasteiger partial charge in [-0.15, -0.1) is 0 Å². The highest BCUT2D eigenvalue weighted by atomic mass is 32.2. The standard InChI is InChI=1S/C58H67N11O12SSi.C38H35N5O6/c1-35(2)52(70)66-56-65-51-48(54(72)67-56)62-34-69(51)55-44(81-83(8,9)57(3,4)5)28-42(78-55)30-63-82(73,74)80-43-29-46(68-33-61-47-49(59-32-60-50(47)68)64-53(71)36-16-12-10-13-17-36)79-45(43)31-77-58(37-18-14-11-15-19-37,38-20-24-40(75-6)25-21-38)39-22-26-41(76-7)27-23-39;1-46-29-17-13-27(14-18-29)38(26-11-7-4-8-12-26,28-15-19-30(47-2)20-16-28)48-22-32-31(44)21-33(49-32)43-24-41-34-35(39-23-40-36(34)43)42-37(45)25-9-5-3-6-10-25/h10-27,32-35,42-46,55,63H,28-31H2,1-9H3,(H,59,60,64,71)(H2,65,66,67,70,72);3-20,23-24,31-33,44H,21-22H2,1-2H3,(H,39,40,42,45)/t42-,43-,44+,45+,46+,55+;31-,32+,33+/m00/s1. The van der Waals surface area contributed by atoms with Crippen molar-refractivity contribution in [3.8, 4) is 23.0 Å². The first-order chi connectivity index (χ1) is 63.7. The van der Waals surface area contributed by atoms with Crippen LogP contribution in [-0.2, 0) is 58.6 Å². The molecule has 0 saturated carbocycles. The van der Waals surface area contributed by atoms with Gasteiger partial charge in [-0.2, -0.15) is 18.1 Å². The lowest BCUT2D eigenvalue weighted by molar-refractivity contribution is -0.119. The van der Waals surface area contributed by atoms with Crippen LogP contribution in [0.1, 0.15) is 127 Å². The number of aliphatic hydroxyl groups is 1. The van der Waals surface area contributed by atoms with Gasteiger partial charge >= 0.3 is 10.3 Å². The van der Waals surface area contributed by atoms with E-state index in [1.54, 1.807) is 111 Å². The largest absolute Gasteiger partial charge is 0.497 e. The average Bonchev–Trinajstić information content (AvgIpc) is 1.18. The molecule has 8 aromatic carbocycles. The number of ether oxygens (including phenoxy) is 9. The maximum Gasteiger partial charge on any atom is 0.336 e. The van der Waals surface area contributed by atoms with E-state index >= 15 is 0 Å². The number of aromatic nitrogens is 12. The van der Waals surface area contributed by atoms with E-state index in [4.69, 9.17) is 51.2 Å². The number of anilines is 3. The van der Waals surface area contributed by atoms with Crippen LogP contribution in [0.3, 0.4) is 0 Å². The number of imidazole rings is 3. The Morgan fingerprint density at radius 3 is 1.35 bits per heavy atom. The summed E-state index contributed by atoms with van der Waals surface area (Å²) in [4.78, 5) is 90.3. The Kier molecular flexibility index (Phi) is 27.4. The van der Waals surface area contributed by atoms with Crippen LogP contribution < -0.4 is 45.2 Å². The van der Waals surface area contributed by atoms with Crippen LogP contribution in [0.5, 0.6) is 23.0 Å². The third-order valence-corrected chi connectivity index (χ3v) is 29.7. The molecule has 9 heterocycles. The molecule has 9 atom stereocenters. The molecule has 684 valence electrons. The minimum absolute atomic E-state index is 0.0100. The van der Waals surface area contributed by atoms with Crippen molar-refractivity contribution >= 4 is 87.4 Å². The molecule has 0 spiro atoms. The number of carbonyl (C=O) groups excluding carboxylic acids is 3. The summed E-state index contributed by atoms with van der Waals surface area (Å²) in [6.45, 7) is 13.5. The van der Waals surface area contributed by atoms with Crippen molar-refractivity contribution in [2.75, 3.05) is 64.1 Å². The summed E-state index contributed by atoms with van der Waals surface area (Å²) >= 11 is 0. The molecular weight excluding hydrogens is 1730 g/mol. The third-order valence-electron chi connectivity index (χ3n) is 24.1. The van der Waals surface area contributed by atoms with Crippen LogP contribution in [0.4, 0.5) is 17.6 Å². The van der Waals surface area contributed by atoms with Crippen LogP contribution in [-0.4, -0.2) is 183 Å². The van der Waals surface area contributed by atoms with E-state index in [9.17, 15) is 32.7 Å². The van der Waals surface area contributed by atoms with Crippen molar-refractivity contribution in [1.82, 2.24) is 63.3 Å². The molecule has 3 aliphatic rings. The molecule has 36 heteroatoms. The average molecular weight is 1830 g/mol. The maximum absolute atomic E-state index is 14.6. The van der Waals surface area contributed by atoms with Crippen molar-refractivity contribution in [1.29, 1.82) is 0 Å². The summed E-state index contributed by atoms with van der Waals surface area (Å²) in [5.41, 5.74) is 4.39. The first-order valence-corrected chi connectivity index (χ1v) is 47.3. The second-order valence-corrected chi connectivity index (χ2v) is 39.9. The van der Waals surface area contributed by atoms with Crippen molar-refractivity contribution < 1.29 is 79.1 Å². The van der Waals surface area contributed by atoms with Gasteiger partial charge in [-0.05, 0) is 124 Å². The normalized spacial score (nSPS) is 18.8. The van der Waals surface area contributed by atoms with Crippen molar-refractivity contribution in [2.45, 2.75) is 139 Å². The van der Waals surface area contributed by atoms with Crippen LogP contribution in [0.25, 0.3) is 33.5 Å². The van der Waals surface area contributed by atoms with E-state index in [0.717, 1.165) is 44.9 Å². The quantitative estimate of drug-likeness (QED) is 0.0168. The van der Waals surface area contributed by atoms with Gasteiger partial charge in [0.15, 0.2) is 59.7 Å². The number of carbonyl (C=O) groups is 3. The molecule has 34 nitrogen and oxygen atoms in total. The number of amides is 3. The molecule has 0 aliphatic carbocycles. The van der Waals surface area contributed by atoms with Gasteiger partial charge in [0.2, 0.25) is 11.9 Å². The molecule has 6 N–H and O–H groups in total. The van der Waals surface area contributed by atoms with Crippen molar-refractivity contribution in [3.05, 3.63) is 305 Å². The zero-order valence-electron chi connectivity index (χ0n) is 74.4. The van der Waals surface area contributed by atoms with Crippen molar-refractivity contribution in [3.63, 3.8) is 0 Å².